The van der Waals surface area contributed by atoms with Crippen molar-refractivity contribution >= 4 is 28.5 Å². The maximum atomic E-state index is 12.5. The highest BCUT2D eigenvalue weighted by Gasteiger charge is 2.29. The number of benzene rings is 2. The fourth-order valence-electron chi connectivity index (χ4n) is 2.39. The van der Waals surface area contributed by atoms with Gasteiger partial charge in [-0.05, 0) is 36.4 Å². The van der Waals surface area contributed by atoms with E-state index in [1.165, 1.54) is 30.5 Å². The number of halogens is 3. The third-order valence-corrected chi connectivity index (χ3v) is 3.68. The van der Waals surface area contributed by atoms with Crippen molar-refractivity contribution in [1.82, 2.24) is 4.98 Å². The molecular formula is C17H11F3N4O3. The van der Waals surface area contributed by atoms with Crippen LogP contribution in [0, 0.1) is 10.1 Å². The Labute approximate surface area is 149 Å². The van der Waals surface area contributed by atoms with Crippen LogP contribution in [0.25, 0.3) is 10.9 Å². The molecule has 3 rings (SSSR count). The van der Waals surface area contributed by atoms with E-state index in [9.17, 15) is 28.4 Å². The summed E-state index contributed by atoms with van der Waals surface area (Å²) in [5, 5.41) is 25.5. The van der Waals surface area contributed by atoms with E-state index in [1.54, 1.807) is 0 Å². The molecule has 2 aromatic carbocycles. The number of hydrazone groups is 1. The molecule has 0 fully saturated rings. The van der Waals surface area contributed by atoms with E-state index in [-0.39, 0.29) is 33.6 Å². The number of nitrogens with one attached hydrogen (secondary N) is 1. The van der Waals surface area contributed by atoms with Crippen molar-refractivity contribution in [2.75, 3.05) is 5.43 Å². The van der Waals surface area contributed by atoms with Gasteiger partial charge in [0.2, 0.25) is 0 Å². The third-order valence-electron chi connectivity index (χ3n) is 3.68. The lowest BCUT2D eigenvalue weighted by Crippen LogP contribution is -2.04. The zero-order chi connectivity index (χ0) is 19.6. The highest BCUT2D eigenvalue weighted by Crippen LogP contribution is 2.33. The summed E-state index contributed by atoms with van der Waals surface area (Å²) >= 11 is 0. The lowest BCUT2D eigenvalue weighted by Gasteiger charge is -2.07. The van der Waals surface area contributed by atoms with Crippen LogP contribution in [0.3, 0.4) is 0 Å². The quantitative estimate of drug-likeness (QED) is 0.401. The maximum absolute atomic E-state index is 12.5. The molecule has 0 atom stereocenters. The van der Waals surface area contributed by atoms with Gasteiger partial charge in [-0.3, -0.25) is 20.5 Å². The molecule has 1 heterocycles. The summed E-state index contributed by atoms with van der Waals surface area (Å²) < 4.78 is 37.6. The van der Waals surface area contributed by atoms with Crippen molar-refractivity contribution in [3.8, 4) is 5.75 Å². The van der Waals surface area contributed by atoms with E-state index in [0.717, 1.165) is 24.4 Å². The van der Waals surface area contributed by atoms with Crippen molar-refractivity contribution in [1.29, 1.82) is 0 Å². The van der Waals surface area contributed by atoms with Crippen LogP contribution in [-0.2, 0) is 6.18 Å². The lowest BCUT2D eigenvalue weighted by atomic mass is 10.1. The first-order chi connectivity index (χ1) is 12.8. The third kappa shape index (κ3) is 3.78. The van der Waals surface area contributed by atoms with Gasteiger partial charge >= 0.3 is 6.18 Å². The van der Waals surface area contributed by atoms with Crippen molar-refractivity contribution in [3.63, 3.8) is 0 Å². The predicted octanol–water partition coefficient (Wildman–Crippen LogP) is 4.31. The smallest absolute Gasteiger partial charge is 0.416 e. The fraction of sp³-hybridized carbons (Fsp3) is 0.0588. The van der Waals surface area contributed by atoms with Crippen LogP contribution >= 0.6 is 0 Å². The molecule has 7 nitrogen and oxygen atoms in total. The van der Waals surface area contributed by atoms with Gasteiger partial charge in [-0.1, -0.05) is 0 Å². The monoisotopic (exact) mass is 376 g/mol. The van der Waals surface area contributed by atoms with E-state index >= 15 is 0 Å². The number of fused-ring (bicyclic) bond motifs is 1. The Morgan fingerprint density at radius 1 is 1.22 bits per heavy atom. The summed E-state index contributed by atoms with van der Waals surface area (Å²) in [6.45, 7) is 0. The summed E-state index contributed by atoms with van der Waals surface area (Å²) in [5.41, 5.74) is 1.79. The molecule has 0 saturated heterocycles. The first-order valence-corrected chi connectivity index (χ1v) is 7.49. The van der Waals surface area contributed by atoms with Gasteiger partial charge in [-0.15, -0.1) is 0 Å². The second-order valence-electron chi connectivity index (χ2n) is 5.44. The molecule has 0 spiro atoms. The number of phenolic OH excluding ortho intramolecular Hbond substituents is 1. The second kappa shape index (κ2) is 6.90. The minimum absolute atomic E-state index is 0.0345. The highest BCUT2D eigenvalue weighted by atomic mass is 19.4. The average Bonchev–Trinajstić information content (AvgIpc) is 2.63. The zero-order valence-corrected chi connectivity index (χ0v) is 13.4. The molecule has 0 aliphatic heterocycles. The van der Waals surface area contributed by atoms with Gasteiger partial charge in [0.25, 0.3) is 5.69 Å². The summed E-state index contributed by atoms with van der Waals surface area (Å²) in [7, 11) is 0. The SMILES string of the molecule is O=[N+]([O-])c1cc(/C=N/Nc2ccc(C(F)(F)F)cc2)c(O)c2ncccc12. The van der Waals surface area contributed by atoms with Crippen molar-refractivity contribution < 1.29 is 23.2 Å². The number of phenols is 1. The molecule has 2 N–H and O–H groups in total. The summed E-state index contributed by atoms with van der Waals surface area (Å²) in [5.74, 6) is -0.297. The van der Waals surface area contributed by atoms with E-state index in [1.807, 2.05) is 0 Å². The van der Waals surface area contributed by atoms with Gasteiger partial charge < -0.3 is 5.11 Å². The predicted molar refractivity (Wildman–Crippen MR) is 92.7 cm³/mol. The minimum atomic E-state index is -4.44. The van der Waals surface area contributed by atoms with Crippen LogP contribution in [0.5, 0.6) is 5.75 Å². The van der Waals surface area contributed by atoms with E-state index in [4.69, 9.17) is 0 Å². The Balaban J connectivity index is 1.88. The number of hydrogen-bond donors (Lipinski definition) is 2. The molecular weight excluding hydrogens is 365 g/mol. The number of rotatable bonds is 4. The van der Waals surface area contributed by atoms with E-state index in [0.29, 0.717) is 0 Å². The number of nitrogens with zero attached hydrogens (tertiary/aromatic N) is 3. The standard InChI is InChI=1S/C17H11F3N4O3/c18-17(19,20)11-3-5-12(6-4-11)23-22-9-10-8-14(24(26)27)13-2-1-7-21-15(13)16(10)25/h1-9,23,25H/b22-9+. The van der Waals surface area contributed by atoms with Crippen LogP contribution in [0.15, 0.2) is 53.8 Å². The first kappa shape index (κ1) is 18.1. The molecule has 0 saturated carbocycles. The van der Waals surface area contributed by atoms with Crippen LogP contribution in [-0.4, -0.2) is 21.2 Å². The Kier molecular flexibility index (Phi) is 4.63. The molecule has 0 unspecified atom stereocenters. The number of nitro benzene ring substituents is 1. The fourth-order valence-corrected chi connectivity index (χ4v) is 2.39. The van der Waals surface area contributed by atoms with Crippen LogP contribution in [0.4, 0.5) is 24.5 Å². The first-order valence-electron chi connectivity index (χ1n) is 7.49. The summed E-state index contributed by atoms with van der Waals surface area (Å²) in [6.07, 6.45) is -1.94. The minimum Gasteiger partial charge on any atom is -0.505 e. The molecule has 0 aliphatic rings. The molecule has 138 valence electrons. The van der Waals surface area contributed by atoms with E-state index in [2.05, 4.69) is 15.5 Å². The molecule has 0 amide bonds. The Bertz CT molecular complexity index is 1030. The average molecular weight is 376 g/mol. The number of aromatic nitrogens is 1. The Morgan fingerprint density at radius 3 is 2.56 bits per heavy atom. The molecule has 27 heavy (non-hydrogen) atoms. The van der Waals surface area contributed by atoms with E-state index < -0.39 is 16.7 Å². The number of pyridine rings is 1. The topological polar surface area (TPSA) is 101 Å². The lowest BCUT2D eigenvalue weighted by molar-refractivity contribution is -0.383. The number of non-ortho nitro benzene ring substituents is 1. The van der Waals surface area contributed by atoms with Gasteiger partial charge in [0.05, 0.1) is 27.8 Å². The Morgan fingerprint density at radius 2 is 1.93 bits per heavy atom. The molecule has 0 bridgehead atoms. The second-order valence-corrected chi connectivity index (χ2v) is 5.44. The van der Waals surface area contributed by atoms with Crippen LogP contribution in [0.2, 0.25) is 0 Å². The van der Waals surface area contributed by atoms with Gasteiger partial charge in [0.1, 0.15) is 5.52 Å². The van der Waals surface area contributed by atoms with Crippen molar-refractivity contribution in [2.24, 2.45) is 5.10 Å². The maximum Gasteiger partial charge on any atom is 0.416 e. The summed E-state index contributed by atoms with van der Waals surface area (Å²) in [4.78, 5) is 14.6. The largest absolute Gasteiger partial charge is 0.505 e. The highest BCUT2D eigenvalue weighted by molar-refractivity contribution is 6.00. The van der Waals surface area contributed by atoms with Crippen LogP contribution < -0.4 is 5.43 Å². The van der Waals surface area contributed by atoms with Crippen LogP contribution in [0.1, 0.15) is 11.1 Å². The molecule has 0 radical (unpaired) electrons. The number of aromatic hydroxyl groups is 1. The molecule has 3 aromatic rings. The van der Waals surface area contributed by atoms with Gasteiger partial charge in [-0.2, -0.15) is 18.3 Å². The van der Waals surface area contributed by atoms with Crippen molar-refractivity contribution in [3.05, 3.63) is 69.9 Å². The van der Waals surface area contributed by atoms with Gasteiger partial charge in [0, 0.05) is 17.8 Å². The number of anilines is 1. The zero-order valence-electron chi connectivity index (χ0n) is 13.4. The van der Waals surface area contributed by atoms with Crippen molar-refractivity contribution in [2.45, 2.75) is 6.18 Å². The van der Waals surface area contributed by atoms with Gasteiger partial charge in [-0.25, -0.2) is 0 Å². The molecule has 10 heteroatoms. The number of nitro groups is 1. The normalized spacial score (nSPS) is 11.8. The summed E-state index contributed by atoms with van der Waals surface area (Å²) in [6, 6.07) is 8.25. The number of alkyl halides is 3. The number of hydrogen-bond acceptors (Lipinski definition) is 6. The van der Waals surface area contributed by atoms with Gasteiger partial charge in [0.15, 0.2) is 5.75 Å². The molecule has 0 aliphatic carbocycles. The molecule has 1 aromatic heterocycles. The Hall–Kier alpha value is -3.69.